The summed E-state index contributed by atoms with van der Waals surface area (Å²) in [6, 6.07) is 81.8. The Hall–Kier alpha value is -8.80. The molecule has 0 saturated heterocycles. The van der Waals surface area contributed by atoms with Gasteiger partial charge in [-0.25, -0.2) is 9.98 Å². The van der Waals surface area contributed by atoms with Crippen molar-refractivity contribution in [2.24, 2.45) is 9.98 Å². The quantitative estimate of drug-likeness (QED) is 0.174. The van der Waals surface area contributed by atoms with Crippen LogP contribution in [0.15, 0.2) is 245 Å². The van der Waals surface area contributed by atoms with E-state index in [1.54, 1.807) is 0 Å². The van der Waals surface area contributed by atoms with Crippen molar-refractivity contribution in [1.82, 2.24) is 9.88 Å². The van der Waals surface area contributed by atoms with Gasteiger partial charge in [-0.05, 0) is 98.8 Å². The Labute approximate surface area is 381 Å². The summed E-state index contributed by atoms with van der Waals surface area (Å²) in [5.41, 5.74) is 14.7. The molecular formula is C61H40N4O. The van der Waals surface area contributed by atoms with Crippen molar-refractivity contribution in [3.8, 4) is 39.1 Å². The van der Waals surface area contributed by atoms with E-state index < -0.39 is 0 Å². The number of aliphatic imine (C=N–C) groups is 2. The summed E-state index contributed by atoms with van der Waals surface area (Å²) in [5.74, 6) is 1.42. The first kappa shape index (κ1) is 37.7. The van der Waals surface area contributed by atoms with Crippen molar-refractivity contribution in [2.75, 3.05) is 0 Å². The summed E-state index contributed by atoms with van der Waals surface area (Å²) in [6.07, 6.45) is -0.383. The summed E-state index contributed by atoms with van der Waals surface area (Å²) in [5, 5.41) is 10.7. The number of benzene rings is 10. The molecule has 0 radical (unpaired) electrons. The van der Waals surface area contributed by atoms with E-state index in [4.69, 9.17) is 14.4 Å². The van der Waals surface area contributed by atoms with E-state index >= 15 is 0 Å². The van der Waals surface area contributed by atoms with E-state index in [-0.39, 0.29) is 6.17 Å². The summed E-state index contributed by atoms with van der Waals surface area (Å²) in [6.45, 7) is 0. The number of nitrogens with zero attached hydrogens (tertiary/aromatic N) is 3. The molecule has 0 fully saturated rings. The van der Waals surface area contributed by atoms with Crippen LogP contribution in [0.25, 0.3) is 93.6 Å². The highest BCUT2D eigenvalue weighted by Crippen LogP contribution is 2.40. The summed E-state index contributed by atoms with van der Waals surface area (Å²) >= 11 is 0. The van der Waals surface area contributed by atoms with Gasteiger partial charge in [0.25, 0.3) is 0 Å². The van der Waals surface area contributed by atoms with E-state index in [0.717, 1.165) is 83.4 Å². The van der Waals surface area contributed by atoms with Crippen LogP contribution >= 0.6 is 0 Å². The molecule has 2 aromatic heterocycles. The first-order chi connectivity index (χ1) is 32.7. The minimum atomic E-state index is -0.383. The zero-order chi connectivity index (χ0) is 43.6. The van der Waals surface area contributed by atoms with Crippen molar-refractivity contribution in [3.05, 3.63) is 247 Å². The topological polar surface area (TPSA) is 54.8 Å². The highest BCUT2D eigenvalue weighted by atomic mass is 16.3. The highest BCUT2D eigenvalue weighted by molar-refractivity contribution is 6.16. The van der Waals surface area contributed by atoms with E-state index in [9.17, 15) is 0 Å². The molecular weight excluding hydrogens is 805 g/mol. The molecule has 10 aromatic carbocycles. The van der Waals surface area contributed by atoms with Crippen LogP contribution in [0.2, 0.25) is 0 Å². The summed E-state index contributed by atoms with van der Waals surface area (Å²) < 4.78 is 8.94. The number of aromatic nitrogens is 1. The number of fused-ring (bicyclic) bond motifs is 7. The fourth-order valence-electron chi connectivity index (χ4n) is 9.75. The van der Waals surface area contributed by atoms with Gasteiger partial charge in [-0.1, -0.05) is 176 Å². The molecule has 66 heavy (non-hydrogen) atoms. The Morgan fingerprint density at radius 2 is 0.970 bits per heavy atom. The second-order valence-electron chi connectivity index (χ2n) is 17.0. The maximum atomic E-state index is 6.52. The van der Waals surface area contributed by atoms with Gasteiger partial charge in [0.2, 0.25) is 0 Å². The number of hydrogen-bond donors (Lipinski definition) is 1. The average molecular weight is 845 g/mol. The molecule has 310 valence electrons. The molecule has 12 aromatic rings. The van der Waals surface area contributed by atoms with Gasteiger partial charge in [-0.2, -0.15) is 0 Å². The van der Waals surface area contributed by atoms with Crippen LogP contribution in [0.1, 0.15) is 22.9 Å². The van der Waals surface area contributed by atoms with Gasteiger partial charge in [0, 0.05) is 38.2 Å². The van der Waals surface area contributed by atoms with Crippen LogP contribution in [0.3, 0.4) is 0 Å². The number of hydrogen-bond acceptors (Lipinski definition) is 4. The number of para-hydroxylation sites is 2. The lowest BCUT2D eigenvalue weighted by atomic mass is 9.98. The van der Waals surface area contributed by atoms with Gasteiger partial charge in [0.05, 0.1) is 16.7 Å². The molecule has 13 rings (SSSR count). The first-order valence-corrected chi connectivity index (χ1v) is 22.4. The Morgan fingerprint density at radius 3 is 1.73 bits per heavy atom. The van der Waals surface area contributed by atoms with E-state index in [0.29, 0.717) is 5.84 Å². The Bertz CT molecular complexity index is 3880. The van der Waals surface area contributed by atoms with E-state index in [1.807, 2.05) is 24.3 Å². The van der Waals surface area contributed by atoms with Crippen molar-refractivity contribution in [3.63, 3.8) is 0 Å². The fourth-order valence-corrected chi connectivity index (χ4v) is 9.75. The number of furan rings is 1. The molecule has 5 nitrogen and oxygen atoms in total. The van der Waals surface area contributed by atoms with Gasteiger partial charge in [0.1, 0.15) is 23.2 Å². The largest absolute Gasteiger partial charge is 0.456 e. The lowest BCUT2D eigenvalue weighted by Gasteiger charge is -2.24. The zero-order valence-electron chi connectivity index (χ0n) is 35.8. The lowest BCUT2D eigenvalue weighted by Crippen LogP contribution is -2.33. The van der Waals surface area contributed by atoms with Crippen LogP contribution < -0.4 is 5.32 Å². The predicted octanol–water partition coefficient (Wildman–Crippen LogP) is 15.3. The first-order valence-electron chi connectivity index (χ1n) is 22.4. The SMILES string of the molecule is c1ccc(-c2ccc(C3=NC(c4ccc(-n5c6ccccc6c6cc7ccccc7cc65)c(-c5ccc6c(c5)oc5ccccc56)c4)=NC(c4ccc(-c5ccccc5)cc4)N3)cc2)cc1. The van der Waals surface area contributed by atoms with E-state index in [2.05, 4.69) is 216 Å². The molecule has 0 saturated carbocycles. The van der Waals surface area contributed by atoms with Crippen LogP contribution in [-0.4, -0.2) is 16.2 Å². The molecule has 0 amide bonds. The normalized spacial score (nSPS) is 13.9. The second-order valence-corrected chi connectivity index (χ2v) is 17.0. The Balaban J connectivity index is 1.01. The maximum absolute atomic E-state index is 6.52. The third-order valence-electron chi connectivity index (χ3n) is 13.1. The molecule has 1 aliphatic heterocycles. The minimum Gasteiger partial charge on any atom is -0.456 e. The van der Waals surface area contributed by atoms with Gasteiger partial charge < -0.3 is 14.3 Å². The second kappa shape index (κ2) is 15.5. The molecule has 1 N–H and O–H groups in total. The fraction of sp³-hybridized carbons (Fsp3) is 0.0164. The van der Waals surface area contributed by atoms with Crippen molar-refractivity contribution in [1.29, 1.82) is 0 Å². The minimum absolute atomic E-state index is 0.383. The van der Waals surface area contributed by atoms with E-state index in [1.165, 1.54) is 32.7 Å². The van der Waals surface area contributed by atoms with Gasteiger partial charge >= 0.3 is 0 Å². The van der Waals surface area contributed by atoms with Crippen molar-refractivity contribution in [2.45, 2.75) is 6.17 Å². The molecule has 0 bridgehead atoms. The van der Waals surface area contributed by atoms with Crippen LogP contribution in [0, 0.1) is 0 Å². The smallest absolute Gasteiger partial charge is 0.159 e. The Kier molecular flexibility index (Phi) is 8.84. The summed E-state index contributed by atoms with van der Waals surface area (Å²) in [4.78, 5) is 10.7. The maximum Gasteiger partial charge on any atom is 0.159 e. The van der Waals surface area contributed by atoms with Crippen molar-refractivity contribution >= 4 is 66.2 Å². The number of amidine groups is 2. The zero-order valence-corrected chi connectivity index (χ0v) is 35.8. The van der Waals surface area contributed by atoms with Gasteiger partial charge in [-0.3, -0.25) is 0 Å². The lowest BCUT2D eigenvalue weighted by molar-refractivity contribution is 0.669. The number of nitrogens with one attached hydrogen (secondary N) is 1. The van der Waals surface area contributed by atoms with Crippen molar-refractivity contribution < 1.29 is 4.42 Å². The standard InChI is InChI=1S/C61H40N4O/c1-3-13-39(14-4-1)41-23-27-43(28-24-41)59-62-60(44-29-25-42(26-30-44)40-15-5-2-6-16-40)64-61(63-59)48-32-34-55(52(36-48)47-31-33-51-50-20-10-12-22-57(50)66-58(51)38-47)65-54-21-11-9-19-49(54)53-35-45-17-7-8-18-46(45)37-56(53)65/h1-38,59H,(H,62,63,64). The van der Waals surface area contributed by atoms with Gasteiger partial charge in [-0.15, -0.1) is 0 Å². The van der Waals surface area contributed by atoms with Crippen LogP contribution in [-0.2, 0) is 0 Å². The van der Waals surface area contributed by atoms with Crippen LogP contribution in [0.4, 0.5) is 0 Å². The molecule has 1 aliphatic rings. The molecule has 0 aliphatic carbocycles. The molecule has 5 heteroatoms. The monoisotopic (exact) mass is 844 g/mol. The third kappa shape index (κ3) is 6.48. The molecule has 1 unspecified atom stereocenters. The Morgan fingerprint density at radius 1 is 0.394 bits per heavy atom. The molecule has 0 spiro atoms. The molecule has 1 atom stereocenters. The number of rotatable bonds is 7. The molecule has 3 heterocycles. The predicted molar refractivity (Wildman–Crippen MR) is 274 cm³/mol. The highest BCUT2D eigenvalue weighted by Gasteiger charge is 2.24. The third-order valence-corrected chi connectivity index (χ3v) is 13.1. The average Bonchev–Trinajstić information content (AvgIpc) is 3.93. The summed E-state index contributed by atoms with van der Waals surface area (Å²) in [7, 11) is 0. The van der Waals surface area contributed by atoms with Crippen LogP contribution in [0.5, 0.6) is 0 Å². The van der Waals surface area contributed by atoms with Gasteiger partial charge in [0.15, 0.2) is 5.84 Å².